The van der Waals surface area contributed by atoms with Gasteiger partial charge in [0.15, 0.2) is 0 Å². The zero-order valence-corrected chi connectivity index (χ0v) is 25.0. The van der Waals surface area contributed by atoms with E-state index in [1.165, 1.54) is 4.90 Å². The number of carbonyl (C=O) groups is 4. The molecular weight excluding hydrogens is 558 g/mol. The Hall–Kier alpha value is -4.53. The first-order valence-corrected chi connectivity index (χ1v) is 15.3. The summed E-state index contributed by atoms with van der Waals surface area (Å²) in [5, 5.41) is 13.7. The van der Waals surface area contributed by atoms with E-state index in [0.29, 0.717) is 25.0 Å². The molecule has 0 radical (unpaired) electrons. The van der Waals surface area contributed by atoms with E-state index in [-0.39, 0.29) is 43.4 Å². The summed E-state index contributed by atoms with van der Waals surface area (Å²) in [7, 11) is 0. The molecule has 5 atom stereocenters. The number of aromatic nitrogens is 1. The molecule has 6 rings (SSSR count). The minimum atomic E-state index is -1.42. The number of Topliss-reactive ketones (excluding diaryl/α,β-unsaturated/α-hetero) is 1. The van der Waals surface area contributed by atoms with Gasteiger partial charge in [-0.2, -0.15) is 0 Å². The molecule has 3 heterocycles. The zero-order chi connectivity index (χ0) is 31.0. The normalized spacial score (nSPS) is 28.3. The number of hydrogen-bond acceptors (Lipinski definition) is 6. The molecule has 1 saturated heterocycles. The number of hydrogen-bond donors (Lipinski definition) is 2. The lowest BCUT2D eigenvalue weighted by Crippen LogP contribution is -2.53. The molecule has 3 aromatic rings. The number of carboxylic acids is 1. The Morgan fingerprint density at radius 2 is 1.89 bits per heavy atom. The molecule has 0 spiro atoms. The summed E-state index contributed by atoms with van der Waals surface area (Å²) < 4.78 is 6.60. The van der Waals surface area contributed by atoms with Gasteiger partial charge in [-0.3, -0.25) is 14.4 Å². The number of nitrogens with one attached hydrogen (secondary N) is 1. The number of nitrogens with zero attached hydrogens (tertiary/aromatic N) is 2. The highest BCUT2D eigenvalue weighted by Crippen LogP contribution is 2.45. The van der Waals surface area contributed by atoms with Crippen LogP contribution in [-0.2, 0) is 19.2 Å². The van der Waals surface area contributed by atoms with Crippen LogP contribution in [0, 0.1) is 18.8 Å². The third kappa shape index (κ3) is 5.83. The number of ether oxygens (including phenoxy) is 1. The molecule has 3 aliphatic rings. The van der Waals surface area contributed by atoms with Gasteiger partial charge in [0.1, 0.15) is 29.2 Å². The second kappa shape index (κ2) is 11.9. The molecule has 2 aliphatic heterocycles. The highest BCUT2D eigenvalue weighted by molar-refractivity contribution is 5.95. The molecule has 0 bridgehead atoms. The SMILES string of the molecule is Cc1ccc2c(OC3C[C@H]4C(=O)N[C@]5(C(=O)O)C[C@H]5/C=C\CCC(=O)CC[C@H](C)C(=O)N4C3)cc(-c3ccccc3)nc2c1. The number of amides is 2. The molecule has 1 aromatic heterocycles. The van der Waals surface area contributed by atoms with E-state index in [1.54, 1.807) is 13.0 Å². The van der Waals surface area contributed by atoms with Crippen molar-refractivity contribution in [3.05, 3.63) is 72.3 Å². The summed E-state index contributed by atoms with van der Waals surface area (Å²) in [6, 6.07) is 16.7. The number of benzene rings is 2. The monoisotopic (exact) mass is 595 g/mol. The molecule has 2 amide bonds. The van der Waals surface area contributed by atoms with E-state index in [1.807, 2.05) is 67.6 Å². The number of fused-ring (bicyclic) bond motifs is 3. The Labute approximate surface area is 256 Å². The highest BCUT2D eigenvalue weighted by Gasteiger charge is 2.61. The van der Waals surface area contributed by atoms with E-state index in [2.05, 4.69) is 5.32 Å². The lowest BCUT2D eigenvalue weighted by Gasteiger charge is -2.27. The highest BCUT2D eigenvalue weighted by atomic mass is 16.5. The fraction of sp³-hybridized carbons (Fsp3) is 0.400. The van der Waals surface area contributed by atoms with Crippen molar-refractivity contribution < 1.29 is 29.0 Å². The number of rotatable bonds is 4. The summed E-state index contributed by atoms with van der Waals surface area (Å²) in [4.78, 5) is 58.7. The van der Waals surface area contributed by atoms with Crippen LogP contribution in [0.15, 0.2) is 66.7 Å². The molecular formula is C35H37N3O6. The molecule has 2 N–H and O–H groups in total. The molecule has 1 saturated carbocycles. The van der Waals surface area contributed by atoms with Crippen LogP contribution >= 0.6 is 0 Å². The Morgan fingerprint density at radius 3 is 2.66 bits per heavy atom. The van der Waals surface area contributed by atoms with Gasteiger partial charge >= 0.3 is 5.97 Å². The first-order chi connectivity index (χ1) is 21.1. The van der Waals surface area contributed by atoms with Crippen LogP contribution in [-0.4, -0.2) is 62.8 Å². The third-order valence-corrected chi connectivity index (χ3v) is 9.12. The number of aryl methyl sites for hydroxylation is 1. The standard InChI is InChI=1S/C35H37N3O6/c1-21-12-15-27-29(16-21)36-28(23-8-4-3-5-9-23)18-31(27)44-26-17-30-32(40)37-35(34(42)43)19-24(35)10-6-7-11-25(39)14-13-22(2)33(41)38(30)20-26/h3-6,8-10,12,15-16,18,22,24,26,30H,7,11,13-14,17,19-20H2,1-2H3,(H,37,40)(H,42,43)/b10-6-/t22-,24+,26?,30-,35+/m0/s1. The molecule has 2 fully saturated rings. The molecule has 9 heteroatoms. The van der Waals surface area contributed by atoms with E-state index in [9.17, 15) is 24.3 Å². The van der Waals surface area contributed by atoms with Crippen LogP contribution in [0.1, 0.15) is 51.0 Å². The second-order valence-corrected chi connectivity index (χ2v) is 12.4. The summed E-state index contributed by atoms with van der Waals surface area (Å²) in [5.41, 5.74) is 2.10. The van der Waals surface area contributed by atoms with Gasteiger partial charge < -0.3 is 20.1 Å². The largest absolute Gasteiger partial charge is 0.488 e. The topological polar surface area (TPSA) is 126 Å². The van der Waals surface area contributed by atoms with Crippen LogP contribution in [0.4, 0.5) is 0 Å². The van der Waals surface area contributed by atoms with E-state index in [4.69, 9.17) is 9.72 Å². The van der Waals surface area contributed by atoms with Crippen LogP contribution in [0.25, 0.3) is 22.2 Å². The van der Waals surface area contributed by atoms with Crippen molar-refractivity contribution in [2.24, 2.45) is 11.8 Å². The Bertz CT molecular complexity index is 1650. The number of carbonyl (C=O) groups excluding carboxylic acids is 3. The van der Waals surface area contributed by atoms with Crippen LogP contribution in [0.5, 0.6) is 5.75 Å². The average molecular weight is 596 g/mol. The molecule has 44 heavy (non-hydrogen) atoms. The van der Waals surface area contributed by atoms with Crippen molar-refractivity contribution in [2.75, 3.05) is 6.54 Å². The van der Waals surface area contributed by atoms with Crippen molar-refractivity contribution >= 4 is 34.5 Å². The zero-order valence-electron chi connectivity index (χ0n) is 25.0. The second-order valence-electron chi connectivity index (χ2n) is 12.4. The van der Waals surface area contributed by atoms with Crippen LogP contribution < -0.4 is 10.1 Å². The number of ketones is 1. The van der Waals surface area contributed by atoms with Crippen molar-refractivity contribution in [2.45, 2.75) is 70.1 Å². The molecule has 1 unspecified atom stereocenters. The molecule has 1 aliphatic carbocycles. The minimum absolute atomic E-state index is 0.0619. The fourth-order valence-electron chi connectivity index (χ4n) is 6.40. The van der Waals surface area contributed by atoms with Gasteiger partial charge in [-0.25, -0.2) is 9.78 Å². The quantitative estimate of drug-likeness (QED) is 0.413. The van der Waals surface area contributed by atoms with E-state index >= 15 is 0 Å². The van der Waals surface area contributed by atoms with Crippen molar-refractivity contribution in [1.82, 2.24) is 15.2 Å². The summed E-state index contributed by atoms with van der Waals surface area (Å²) in [6.45, 7) is 3.94. The van der Waals surface area contributed by atoms with Gasteiger partial charge in [0, 0.05) is 48.1 Å². The lowest BCUT2D eigenvalue weighted by molar-refractivity contribution is -0.146. The Morgan fingerprint density at radius 1 is 1.09 bits per heavy atom. The number of carboxylic acid groups (broad SMARTS) is 1. The maximum Gasteiger partial charge on any atom is 0.330 e. The van der Waals surface area contributed by atoms with Gasteiger partial charge in [0.2, 0.25) is 11.8 Å². The van der Waals surface area contributed by atoms with Gasteiger partial charge in [-0.1, -0.05) is 55.5 Å². The van der Waals surface area contributed by atoms with E-state index in [0.717, 1.165) is 27.7 Å². The maximum absolute atomic E-state index is 13.8. The third-order valence-electron chi connectivity index (χ3n) is 9.12. The number of allylic oxidation sites excluding steroid dienone is 1. The molecule has 2 aromatic carbocycles. The van der Waals surface area contributed by atoms with Crippen LogP contribution in [0.3, 0.4) is 0 Å². The van der Waals surface area contributed by atoms with E-state index < -0.39 is 35.5 Å². The smallest absolute Gasteiger partial charge is 0.330 e. The fourth-order valence-corrected chi connectivity index (χ4v) is 6.40. The number of pyridine rings is 1. The predicted octanol–water partition coefficient (Wildman–Crippen LogP) is 4.85. The first kappa shape index (κ1) is 29.5. The Balaban J connectivity index is 1.32. The van der Waals surface area contributed by atoms with Crippen LogP contribution in [0.2, 0.25) is 0 Å². The molecule has 228 valence electrons. The maximum atomic E-state index is 13.8. The summed E-state index contributed by atoms with van der Waals surface area (Å²) >= 11 is 0. The molecule has 9 nitrogen and oxygen atoms in total. The van der Waals surface area contributed by atoms with Gasteiger partial charge in [-0.15, -0.1) is 0 Å². The first-order valence-electron chi connectivity index (χ1n) is 15.3. The summed E-state index contributed by atoms with van der Waals surface area (Å²) in [6.07, 6.45) is 5.06. The lowest BCUT2D eigenvalue weighted by atomic mass is 10.00. The van der Waals surface area contributed by atoms with Gasteiger partial charge in [0.05, 0.1) is 17.8 Å². The predicted molar refractivity (Wildman–Crippen MR) is 165 cm³/mol. The number of aliphatic carboxylic acids is 1. The Kier molecular flexibility index (Phi) is 7.97. The van der Waals surface area contributed by atoms with Gasteiger partial charge in [-0.05, 0) is 43.9 Å². The average Bonchev–Trinajstić information content (AvgIpc) is 3.55. The minimum Gasteiger partial charge on any atom is -0.488 e. The van der Waals surface area contributed by atoms with Crippen molar-refractivity contribution in [3.63, 3.8) is 0 Å². The summed E-state index contributed by atoms with van der Waals surface area (Å²) in [5.74, 6) is -2.04. The van der Waals surface area contributed by atoms with Gasteiger partial charge in [0.25, 0.3) is 0 Å². The van der Waals surface area contributed by atoms with Crippen molar-refractivity contribution in [1.29, 1.82) is 0 Å². The van der Waals surface area contributed by atoms with Crippen molar-refractivity contribution in [3.8, 4) is 17.0 Å².